The molecule has 4 rings (SSSR count). The number of halogens is 2. The maximum Gasteiger partial charge on any atom is 0.286 e. The summed E-state index contributed by atoms with van der Waals surface area (Å²) in [5.74, 6) is -2.46. The molecule has 4 amide bonds. The topological polar surface area (TPSA) is 98.8 Å². The number of thioether (sulfide) groups is 2. The zero-order valence-corrected chi connectivity index (χ0v) is 23.0. The van der Waals surface area contributed by atoms with Crippen molar-refractivity contribution < 1.29 is 19.2 Å². The normalized spacial score (nSPS) is 18.1. The lowest BCUT2D eigenvalue weighted by atomic mass is 10.2. The van der Waals surface area contributed by atoms with E-state index >= 15 is 0 Å². The van der Waals surface area contributed by atoms with Crippen molar-refractivity contribution in [3.63, 3.8) is 0 Å². The Morgan fingerprint density at radius 3 is 1.41 bits per heavy atom. The molecule has 0 aliphatic carbocycles. The van der Waals surface area contributed by atoms with Crippen LogP contribution in [0.2, 0.25) is 0 Å². The van der Waals surface area contributed by atoms with E-state index in [1.165, 1.54) is 0 Å². The van der Waals surface area contributed by atoms with Crippen molar-refractivity contribution >= 4 is 112 Å². The van der Waals surface area contributed by atoms with Crippen LogP contribution in [-0.2, 0) is 9.59 Å². The number of hydrogen-bond donors (Lipinski definition) is 2. The Labute approximate surface area is 229 Å². The molecule has 0 saturated carbocycles. The van der Waals surface area contributed by atoms with Crippen molar-refractivity contribution in [2.45, 2.75) is 0 Å². The standard InChI is InChI=1S/C20H10Br2N4O4S4/c21-11-7-3-1-5-9(11)15(27)23-25-17(29)13(33-19(25)31)14-18(30)26(20(32)34-14)24-16(28)10-6-2-4-8-12(10)22/h1-8H,(H,23,27)(H,24,28)/b14-13+. The molecule has 2 aromatic carbocycles. The first-order valence-corrected chi connectivity index (χ1v) is 13.2. The van der Waals surface area contributed by atoms with Crippen LogP contribution < -0.4 is 10.9 Å². The number of thiocarbonyl (C=S) groups is 2. The summed E-state index contributed by atoms with van der Waals surface area (Å²) in [5.41, 5.74) is 5.53. The summed E-state index contributed by atoms with van der Waals surface area (Å²) in [6.45, 7) is 0. The van der Waals surface area contributed by atoms with E-state index in [1.807, 2.05) is 0 Å². The molecule has 0 atom stereocenters. The van der Waals surface area contributed by atoms with E-state index in [2.05, 4.69) is 42.7 Å². The Hall–Kier alpha value is -2.10. The Kier molecular flexibility index (Phi) is 7.54. The highest BCUT2D eigenvalue weighted by Crippen LogP contribution is 2.41. The van der Waals surface area contributed by atoms with Crippen molar-refractivity contribution in [2.75, 3.05) is 0 Å². The van der Waals surface area contributed by atoms with Crippen molar-refractivity contribution in [3.8, 4) is 0 Å². The number of nitrogens with zero attached hydrogens (tertiary/aromatic N) is 2. The Bertz CT molecular complexity index is 1230. The van der Waals surface area contributed by atoms with Gasteiger partial charge in [-0.05, 0) is 80.6 Å². The fourth-order valence-electron chi connectivity index (χ4n) is 2.82. The molecule has 0 spiro atoms. The van der Waals surface area contributed by atoms with Crippen LogP contribution in [0, 0.1) is 0 Å². The minimum Gasteiger partial charge on any atom is -0.267 e. The second kappa shape index (κ2) is 10.3. The summed E-state index contributed by atoms with van der Waals surface area (Å²) in [5, 5.41) is 1.81. The Balaban J connectivity index is 1.53. The van der Waals surface area contributed by atoms with Crippen LogP contribution in [0.15, 0.2) is 67.3 Å². The summed E-state index contributed by atoms with van der Waals surface area (Å²) in [4.78, 5) is 51.3. The molecule has 34 heavy (non-hydrogen) atoms. The maximum atomic E-state index is 13.0. The molecule has 2 aliphatic rings. The summed E-state index contributed by atoms with van der Waals surface area (Å²) >= 11 is 18.8. The smallest absolute Gasteiger partial charge is 0.267 e. The molecule has 2 N–H and O–H groups in total. The van der Waals surface area contributed by atoms with Gasteiger partial charge in [0, 0.05) is 8.95 Å². The van der Waals surface area contributed by atoms with Gasteiger partial charge in [-0.25, -0.2) is 0 Å². The highest BCUT2D eigenvalue weighted by Gasteiger charge is 2.43. The van der Waals surface area contributed by atoms with Gasteiger partial charge < -0.3 is 0 Å². The molecule has 0 bridgehead atoms. The van der Waals surface area contributed by atoms with Crippen LogP contribution in [0.3, 0.4) is 0 Å². The van der Waals surface area contributed by atoms with Gasteiger partial charge in [-0.15, -0.1) is 0 Å². The van der Waals surface area contributed by atoms with Crippen LogP contribution in [0.4, 0.5) is 0 Å². The molecule has 0 unspecified atom stereocenters. The Morgan fingerprint density at radius 2 is 1.06 bits per heavy atom. The summed E-state index contributed by atoms with van der Waals surface area (Å²) in [6.07, 6.45) is 0. The SMILES string of the molecule is O=C(NN1C(=O)/C(=C2\SC(=S)N(NC(=O)c3ccccc3Br)C2=O)SC1=S)c1ccccc1Br. The lowest BCUT2D eigenvalue weighted by Crippen LogP contribution is -2.45. The number of carbonyl (C=O) groups is 4. The van der Waals surface area contributed by atoms with Gasteiger partial charge in [0.15, 0.2) is 8.64 Å². The Morgan fingerprint density at radius 1 is 0.706 bits per heavy atom. The molecule has 2 aliphatic heterocycles. The van der Waals surface area contributed by atoms with Gasteiger partial charge in [0.25, 0.3) is 23.6 Å². The summed E-state index contributed by atoms with van der Waals surface area (Å²) in [6, 6.07) is 13.4. The summed E-state index contributed by atoms with van der Waals surface area (Å²) < 4.78 is 1.17. The van der Waals surface area contributed by atoms with Gasteiger partial charge in [0.2, 0.25) is 0 Å². The fraction of sp³-hybridized carbons (Fsp3) is 0. The van der Waals surface area contributed by atoms with Gasteiger partial charge >= 0.3 is 0 Å². The molecule has 2 fully saturated rings. The maximum absolute atomic E-state index is 13.0. The largest absolute Gasteiger partial charge is 0.286 e. The van der Waals surface area contributed by atoms with Crippen molar-refractivity contribution in [1.29, 1.82) is 0 Å². The molecule has 14 heteroatoms. The van der Waals surface area contributed by atoms with Crippen LogP contribution in [0.1, 0.15) is 20.7 Å². The van der Waals surface area contributed by atoms with Crippen molar-refractivity contribution in [3.05, 3.63) is 78.4 Å². The predicted molar refractivity (Wildman–Crippen MR) is 144 cm³/mol. The van der Waals surface area contributed by atoms with Crippen LogP contribution in [-0.4, -0.2) is 42.3 Å². The first kappa shape index (κ1) is 25.0. The number of carbonyl (C=O) groups excluding carboxylic acids is 4. The molecule has 8 nitrogen and oxygen atoms in total. The minimum atomic E-state index is -0.673. The number of rotatable bonds is 4. The van der Waals surface area contributed by atoms with Gasteiger partial charge in [0.05, 0.1) is 11.1 Å². The summed E-state index contributed by atoms with van der Waals surface area (Å²) in [7, 11) is 0. The average Bonchev–Trinajstić information content (AvgIpc) is 3.24. The molecule has 2 aromatic rings. The highest BCUT2D eigenvalue weighted by molar-refractivity contribution is 9.10. The van der Waals surface area contributed by atoms with E-state index in [4.69, 9.17) is 24.4 Å². The number of benzene rings is 2. The first-order chi connectivity index (χ1) is 16.2. The number of amides is 4. The van der Waals surface area contributed by atoms with Crippen molar-refractivity contribution in [2.24, 2.45) is 0 Å². The molecular weight excluding hydrogens is 648 g/mol. The zero-order chi connectivity index (χ0) is 24.6. The van der Waals surface area contributed by atoms with Crippen LogP contribution in [0.5, 0.6) is 0 Å². The van der Waals surface area contributed by atoms with E-state index in [0.717, 1.165) is 33.5 Å². The van der Waals surface area contributed by atoms with E-state index in [1.54, 1.807) is 48.5 Å². The number of nitrogens with one attached hydrogen (secondary N) is 2. The van der Waals surface area contributed by atoms with Crippen LogP contribution in [0.25, 0.3) is 0 Å². The minimum absolute atomic E-state index is 0.00687. The van der Waals surface area contributed by atoms with Gasteiger partial charge in [-0.1, -0.05) is 47.8 Å². The third-order valence-corrected chi connectivity index (χ3v) is 8.67. The molecule has 2 heterocycles. The van der Waals surface area contributed by atoms with E-state index < -0.39 is 23.6 Å². The number of hydrazine groups is 2. The monoisotopic (exact) mass is 656 g/mol. The van der Waals surface area contributed by atoms with E-state index in [-0.39, 0.29) is 18.5 Å². The molecular formula is C20H10Br2N4O4S4. The third-order valence-electron chi connectivity index (χ3n) is 4.41. The predicted octanol–water partition coefficient (Wildman–Crippen LogP) is 4.13. The van der Waals surface area contributed by atoms with E-state index in [9.17, 15) is 19.2 Å². The highest BCUT2D eigenvalue weighted by atomic mass is 79.9. The average molecular weight is 658 g/mol. The molecule has 0 aromatic heterocycles. The number of hydrogen-bond acceptors (Lipinski definition) is 8. The third kappa shape index (κ3) is 4.83. The second-order valence-corrected chi connectivity index (χ2v) is 11.5. The van der Waals surface area contributed by atoms with Gasteiger partial charge in [0.1, 0.15) is 9.81 Å². The molecule has 2 saturated heterocycles. The lowest BCUT2D eigenvalue weighted by Gasteiger charge is -2.16. The fourth-order valence-corrected chi connectivity index (χ4v) is 6.26. The lowest BCUT2D eigenvalue weighted by molar-refractivity contribution is -0.126. The molecule has 172 valence electrons. The van der Waals surface area contributed by atoms with Gasteiger partial charge in [-0.2, -0.15) is 10.0 Å². The molecule has 0 radical (unpaired) electrons. The van der Waals surface area contributed by atoms with Crippen LogP contribution >= 0.6 is 79.8 Å². The first-order valence-electron chi connectivity index (χ1n) is 9.17. The second-order valence-electron chi connectivity index (χ2n) is 6.52. The van der Waals surface area contributed by atoms with Gasteiger partial charge in [-0.3, -0.25) is 30.0 Å². The quantitative estimate of drug-likeness (QED) is 0.374. The van der Waals surface area contributed by atoms with E-state index in [0.29, 0.717) is 20.1 Å². The zero-order valence-electron chi connectivity index (χ0n) is 16.5. The van der Waals surface area contributed by atoms with Crippen molar-refractivity contribution in [1.82, 2.24) is 20.9 Å².